The largest absolute Gasteiger partial charge is 0.345 e. The zero-order valence-electron chi connectivity index (χ0n) is 10.4. The topological polar surface area (TPSA) is 61.4 Å². The molecular weight excluding hydrogens is 254 g/mol. The highest BCUT2D eigenvalue weighted by atomic mass is 35.5. The number of hydrogen-bond donors (Lipinski definition) is 2. The predicted molar refractivity (Wildman–Crippen MR) is 72.2 cm³/mol. The number of nitrogens with zero attached hydrogens (tertiary/aromatic N) is 1. The number of anilines is 1. The average Bonchev–Trinajstić information content (AvgIpc) is 2.36. The molecule has 0 saturated heterocycles. The van der Waals surface area contributed by atoms with Crippen LogP contribution in [0.15, 0.2) is 24.3 Å². The highest BCUT2D eigenvalue weighted by Crippen LogP contribution is 2.10. The van der Waals surface area contributed by atoms with E-state index in [1.807, 2.05) is 0 Å². The van der Waals surface area contributed by atoms with Crippen LogP contribution in [0.3, 0.4) is 0 Å². The molecule has 18 heavy (non-hydrogen) atoms. The molecule has 0 saturated carbocycles. The van der Waals surface area contributed by atoms with E-state index in [1.54, 1.807) is 38.4 Å². The molecule has 0 radical (unpaired) electrons. The van der Waals surface area contributed by atoms with Crippen molar-refractivity contribution >= 4 is 29.2 Å². The SMILES string of the molecule is CN(C)C(=O)c1ccc(NC(=O)NCCCl)cc1. The Bertz CT molecular complexity index is 418. The summed E-state index contributed by atoms with van der Waals surface area (Å²) in [6.45, 7) is 0.407. The second-order valence-electron chi connectivity index (χ2n) is 3.85. The van der Waals surface area contributed by atoms with Gasteiger partial charge in [0.15, 0.2) is 0 Å². The summed E-state index contributed by atoms with van der Waals surface area (Å²) >= 11 is 5.45. The monoisotopic (exact) mass is 269 g/mol. The summed E-state index contributed by atoms with van der Waals surface area (Å²) < 4.78 is 0. The van der Waals surface area contributed by atoms with Crippen molar-refractivity contribution in [3.63, 3.8) is 0 Å². The first kappa shape index (κ1) is 14.3. The van der Waals surface area contributed by atoms with Crippen LogP contribution in [-0.4, -0.2) is 43.4 Å². The van der Waals surface area contributed by atoms with Gasteiger partial charge < -0.3 is 15.5 Å². The summed E-state index contributed by atoms with van der Waals surface area (Å²) in [5, 5.41) is 5.22. The summed E-state index contributed by atoms with van der Waals surface area (Å²) in [7, 11) is 3.38. The van der Waals surface area contributed by atoms with E-state index in [0.717, 1.165) is 0 Å². The summed E-state index contributed by atoms with van der Waals surface area (Å²) in [5.74, 6) is 0.289. The van der Waals surface area contributed by atoms with Gasteiger partial charge in [-0.1, -0.05) is 0 Å². The molecule has 0 aromatic heterocycles. The zero-order chi connectivity index (χ0) is 13.5. The van der Waals surface area contributed by atoms with Crippen molar-refractivity contribution in [2.75, 3.05) is 31.8 Å². The van der Waals surface area contributed by atoms with Crippen molar-refractivity contribution in [1.29, 1.82) is 0 Å². The molecule has 0 heterocycles. The maximum Gasteiger partial charge on any atom is 0.319 e. The number of carbonyl (C=O) groups excluding carboxylic acids is 2. The number of halogens is 1. The Balaban J connectivity index is 2.60. The lowest BCUT2D eigenvalue weighted by Gasteiger charge is -2.11. The van der Waals surface area contributed by atoms with Gasteiger partial charge in [0.25, 0.3) is 5.91 Å². The van der Waals surface area contributed by atoms with Gasteiger partial charge in [-0.2, -0.15) is 0 Å². The fraction of sp³-hybridized carbons (Fsp3) is 0.333. The average molecular weight is 270 g/mol. The molecule has 1 aromatic rings. The van der Waals surface area contributed by atoms with E-state index < -0.39 is 0 Å². The van der Waals surface area contributed by atoms with Crippen LogP contribution < -0.4 is 10.6 Å². The minimum absolute atomic E-state index is 0.0758. The van der Waals surface area contributed by atoms with Crippen molar-refractivity contribution < 1.29 is 9.59 Å². The second-order valence-corrected chi connectivity index (χ2v) is 4.22. The van der Waals surface area contributed by atoms with E-state index in [0.29, 0.717) is 23.7 Å². The lowest BCUT2D eigenvalue weighted by atomic mass is 10.2. The van der Waals surface area contributed by atoms with Gasteiger partial charge in [-0.3, -0.25) is 4.79 Å². The number of rotatable bonds is 4. The molecule has 2 N–H and O–H groups in total. The van der Waals surface area contributed by atoms with E-state index in [-0.39, 0.29) is 11.9 Å². The van der Waals surface area contributed by atoms with Crippen LogP contribution in [0, 0.1) is 0 Å². The third-order valence-electron chi connectivity index (χ3n) is 2.18. The molecule has 0 unspecified atom stereocenters. The van der Waals surface area contributed by atoms with Gasteiger partial charge >= 0.3 is 6.03 Å². The Morgan fingerprint density at radius 3 is 2.33 bits per heavy atom. The van der Waals surface area contributed by atoms with Crippen LogP contribution in [0.1, 0.15) is 10.4 Å². The van der Waals surface area contributed by atoms with E-state index in [1.165, 1.54) is 4.90 Å². The van der Waals surface area contributed by atoms with Crippen molar-refractivity contribution in [3.05, 3.63) is 29.8 Å². The summed E-state index contributed by atoms with van der Waals surface area (Å²) in [6.07, 6.45) is 0. The molecule has 0 spiro atoms. The van der Waals surface area contributed by atoms with Gasteiger partial charge in [0.05, 0.1) is 0 Å². The van der Waals surface area contributed by atoms with Crippen molar-refractivity contribution in [2.45, 2.75) is 0 Å². The van der Waals surface area contributed by atoms with Gasteiger partial charge in [0.1, 0.15) is 0 Å². The molecule has 6 heteroatoms. The molecule has 98 valence electrons. The first-order valence-corrected chi connectivity index (χ1v) is 6.00. The van der Waals surface area contributed by atoms with Crippen molar-refractivity contribution in [3.8, 4) is 0 Å². The van der Waals surface area contributed by atoms with Crippen LogP contribution in [-0.2, 0) is 0 Å². The number of nitrogens with one attached hydrogen (secondary N) is 2. The Morgan fingerprint density at radius 2 is 1.83 bits per heavy atom. The van der Waals surface area contributed by atoms with E-state index in [4.69, 9.17) is 11.6 Å². The fourth-order valence-electron chi connectivity index (χ4n) is 1.29. The van der Waals surface area contributed by atoms with Gasteiger partial charge in [-0.05, 0) is 24.3 Å². The van der Waals surface area contributed by atoms with E-state index in [2.05, 4.69) is 10.6 Å². The molecule has 0 fully saturated rings. The number of benzene rings is 1. The fourth-order valence-corrected chi connectivity index (χ4v) is 1.38. The maximum atomic E-state index is 11.6. The van der Waals surface area contributed by atoms with Crippen LogP contribution in [0.25, 0.3) is 0 Å². The zero-order valence-corrected chi connectivity index (χ0v) is 11.1. The van der Waals surface area contributed by atoms with Gasteiger partial charge in [0, 0.05) is 37.8 Å². The Hall–Kier alpha value is -1.75. The van der Waals surface area contributed by atoms with E-state index in [9.17, 15) is 9.59 Å². The second kappa shape index (κ2) is 6.86. The highest BCUT2D eigenvalue weighted by Gasteiger charge is 2.07. The predicted octanol–water partition coefficient (Wildman–Crippen LogP) is 1.75. The highest BCUT2D eigenvalue weighted by molar-refractivity contribution is 6.18. The van der Waals surface area contributed by atoms with Crippen molar-refractivity contribution in [1.82, 2.24) is 10.2 Å². The van der Waals surface area contributed by atoms with Crippen LogP contribution in [0.5, 0.6) is 0 Å². The molecule has 1 aromatic carbocycles. The molecule has 0 aliphatic carbocycles. The Morgan fingerprint density at radius 1 is 1.22 bits per heavy atom. The first-order chi connectivity index (χ1) is 8.54. The van der Waals surface area contributed by atoms with E-state index >= 15 is 0 Å². The number of alkyl halides is 1. The smallest absolute Gasteiger partial charge is 0.319 e. The van der Waals surface area contributed by atoms with Gasteiger partial charge in [0.2, 0.25) is 0 Å². The number of amides is 3. The molecule has 3 amide bonds. The van der Waals surface area contributed by atoms with Crippen molar-refractivity contribution in [2.24, 2.45) is 0 Å². The molecule has 0 atom stereocenters. The maximum absolute atomic E-state index is 11.6. The summed E-state index contributed by atoms with van der Waals surface area (Å²) in [5.41, 5.74) is 1.20. The molecule has 0 bridgehead atoms. The summed E-state index contributed by atoms with van der Waals surface area (Å²) in [4.78, 5) is 24.5. The van der Waals surface area contributed by atoms with Gasteiger partial charge in [-0.25, -0.2) is 4.79 Å². The lowest BCUT2D eigenvalue weighted by Crippen LogP contribution is -2.30. The number of carbonyl (C=O) groups is 2. The third kappa shape index (κ3) is 4.25. The number of hydrogen-bond acceptors (Lipinski definition) is 2. The van der Waals surface area contributed by atoms with Crippen LogP contribution >= 0.6 is 11.6 Å². The summed E-state index contributed by atoms with van der Waals surface area (Å²) in [6, 6.07) is 6.37. The van der Waals surface area contributed by atoms with Crippen LogP contribution in [0.2, 0.25) is 0 Å². The minimum Gasteiger partial charge on any atom is -0.345 e. The molecular formula is C12H16ClN3O2. The third-order valence-corrected chi connectivity index (χ3v) is 2.36. The normalized spacial score (nSPS) is 9.72. The standard InChI is InChI=1S/C12H16ClN3O2/c1-16(2)11(17)9-3-5-10(6-4-9)15-12(18)14-8-7-13/h3-6H,7-8H2,1-2H3,(H2,14,15,18). The Labute approximate surface area is 111 Å². The molecule has 0 aliphatic heterocycles. The minimum atomic E-state index is -0.317. The lowest BCUT2D eigenvalue weighted by molar-refractivity contribution is 0.0827. The first-order valence-electron chi connectivity index (χ1n) is 5.47. The number of urea groups is 1. The quantitative estimate of drug-likeness (QED) is 0.818. The van der Waals surface area contributed by atoms with Gasteiger partial charge in [-0.15, -0.1) is 11.6 Å². The molecule has 5 nitrogen and oxygen atoms in total. The van der Waals surface area contributed by atoms with Crippen LogP contribution in [0.4, 0.5) is 10.5 Å². The molecule has 1 rings (SSSR count). The Kier molecular flexibility index (Phi) is 5.45. The molecule has 0 aliphatic rings.